The third kappa shape index (κ3) is 3.46. The summed E-state index contributed by atoms with van der Waals surface area (Å²) in [6.45, 7) is 2.58. The zero-order valence-corrected chi connectivity index (χ0v) is 17.0. The first-order chi connectivity index (χ1) is 15.1. The van der Waals surface area contributed by atoms with E-state index >= 15 is 0 Å². The van der Waals surface area contributed by atoms with E-state index in [4.69, 9.17) is 4.52 Å². The monoisotopic (exact) mass is 415 g/mol. The van der Waals surface area contributed by atoms with Crippen molar-refractivity contribution in [2.24, 2.45) is 0 Å². The molecule has 2 N–H and O–H groups in total. The number of aromatic nitrogens is 3. The van der Waals surface area contributed by atoms with Gasteiger partial charge in [0.25, 0.3) is 11.8 Å². The van der Waals surface area contributed by atoms with Crippen LogP contribution in [-0.2, 0) is 13.0 Å². The van der Waals surface area contributed by atoms with Gasteiger partial charge in [0.1, 0.15) is 6.26 Å². The van der Waals surface area contributed by atoms with E-state index < -0.39 is 0 Å². The molecule has 2 aromatic carbocycles. The van der Waals surface area contributed by atoms with Crippen molar-refractivity contribution in [3.05, 3.63) is 82.9 Å². The fourth-order valence-corrected chi connectivity index (χ4v) is 4.11. The van der Waals surface area contributed by atoms with Crippen molar-refractivity contribution >= 4 is 22.7 Å². The lowest BCUT2D eigenvalue weighted by molar-refractivity contribution is 0.0618. The number of aromatic amines is 1. The second kappa shape index (κ2) is 7.71. The van der Waals surface area contributed by atoms with Gasteiger partial charge in [0.2, 0.25) is 0 Å². The van der Waals surface area contributed by atoms with Crippen molar-refractivity contribution in [2.45, 2.75) is 25.9 Å². The Bertz CT molecular complexity index is 1270. The molecule has 8 nitrogen and oxygen atoms in total. The molecule has 0 saturated heterocycles. The van der Waals surface area contributed by atoms with Gasteiger partial charge in [-0.25, -0.2) is 0 Å². The zero-order valence-electron chi connectivity index (χ0n) is 17.0. The predicted molar refractivity (Wildman–Crippen MR) is 113 cm³/mol. The van der Waals surface area contributed by atoms with Crippen molar-refractivity contribution in [3.63, 3.8) is 0 Å². The van der Waals surface area contributed by atoms with E-state index in [1.165, 1.54) is 11.8 Å². The number of carbonyl (C=O) groups excluding carboxylic acids is 2. The van der Waals surface area contributed by atoms with Crippen LogP contribution in [0.3, 0.4) is 0 Å². The number of H-pyrrole nitrogens is 1. The Morgan fingerprint density at radius 3 is 2.84 bits per heavy atom. The Labute approximate surface area is 178 Å². The number of nitrogens with zero attached hydrogens (tertiary/aromatic N) is 3. The Kier molecular flexibility index (Phi) is 4.74. The van der Waals surface area contributed by atoms with E-state index in [0.29, 0.717) is 36.3 Å². The molecular formula is C23H21N5O3. The lowest BCUT2D eigenvalue weighted by Crippen LogP contribution is -2.50. The average molecular weight is 415 g/mol. The maximum Gasteiger partial charge on any atom is 0.276 e. The second-order valence-electron chi connectivity index (χ2n) is 7.75. The second-order valence-corrected chi connectivity index (χ2v) is 7.75. The molecule has 4 aromatic rings. The van der Waals surface area contributed by atoms with Gasteiger partial charge in [0, 0.05) is 24.0 Å². The molecule has 1 unspecified atom stereocenters. The van der Waals surface area contributed by atoms with Crippen LogP contribution in [0.5, 0.6) is 0 Å². The molecule has 2 amide bonds. The van der Waals surface area contributed by atoms with Crippen molar-refractivity contribution in [3.8, 4) is 0 Å². The number of hydrogen-bond acceptors (Lipinski definition) is 5. The summed E-state index contributed by atoms with van der Waals surface area (Å²) < 4.78 is 4.98. The molecule has 156 valence electrons. The van der Waals surface area contributed by atoms with E-state index in [9.17, 15) is 9.59 Å². The van der Waals surface area contributed by atoms with Gasteiger partial charge in [0.05, 0.1) is 23.3 Å². The van der Waals surface area contributed by atoms with Crippen LogP contribution in [0.2, 0.25) is 0 Å². The summed E-state index contributed by atoms with van der Waals surface area (Å²) in [5.74, 6) is -0.396. The Hall–Kier alpha value is -3.94. The maximum atomic E-state index is 13.2. The molecule has 0 bridgehead atoms. The molecule has 0 fully saturated rings. The number of benzene rings is 2. The molecule has 5 rings (SSSR count). The van der Waals surface area contributed by atoms with Gasteiger partial charge in [-0.05, 0) is 36.6 Å². The highest BCUT2D eigenvalue weighted by Gasteiger charge is 2.32. The summed E-state index contributed by atoms with van der Waals surface area (Å²) in [5.41, 5.74) is 4.63. The Morgan fingerprint density at radius 2 is 2.03 bits per heavy atom. The normalized spacial score (nSPS) is 15.6. The number of rotatable bonds is 4. The SMILES string of the molecule is Cc1conc1C(=O)N1Cc2ccccc2CC1CNC(=O)c1cccc2[nH]ncc12. The third-order valence-corrected chi connectivity index (χ3v) is 5.79. The summed E-state index contributed by atoms with van der Waals surface area (Å²) in [7, 11) is 0. The van der Waals surface area contributed by atoms with Gasteiger partial charge in [0.15, 0.2) is 5.69 Å². The van der Waals surface area contributed by atoms with Crippen molar-refractivity contribution < 1.29 is 14.1 Å². The van der Waals surface area contributed by atoms with Gasteiger partial charge in [-0.1, -0.05) is 35.5 Å². The number of fused-ring (bicyclic) bond motifs is 2. The molecule has 0 radical (unpaired) electrons. The van der Waals surface area contributed by atoms with Crippen molar-refractivity contribution in [1.29, 1.82) is 0 Å². The fraction of sp³-hybridized carbons (Fsp3) is 0.217. The molecule has 0 spiro atoms. The molecule has 0 saturated carbocycles. The number of hydrogen-bond donors (Lipinski definition) is 2. The average Bonchev–Trinajstić information content (AvgIpc) is 3.45. The fourth-order valence-electron chi connectivity index (χ4n) is 4.11. The highest BCUT2D eigenvalue weighted by atomic mass is 16.5. The molecule has 2 aromatic heterocycles. The largest absolute Gasteiger partial charge is 0.364 e. The van der Waals surface area contributed by atoms with Gasteiger partial charge in [-0.15, -0.1) is 0 Å². The van der Waals surface area contributed by atoms with Crippen molar-refractivity contribution in [2.75, 3.05) is 6.54 Å². The van der Waals surface area contributed by atoms with E-state index in [1.54, 1.807) is 24.1 Å². The summed E-state index contributed by atoms with van der Waals surface area (Å²) in [5, 5.41) is 14.6. The van der Waals surface area contributed by atoms with Crippen LogP contribution in [0, 0.1) is 6.92 Å². The number of carbonyl (C=O) groups is 2. The predicted octanol–water partition coefficient (Wildman–Crippen LogP) is 2.86. The first-order valence-electron chi connectivity index (χ1n) is 10.1. The van der Waals surface area contributed by atoms with E-state index in [1.807, 2.05) is 30.3 Å². The minimum Gasteiger partial charge on any atom is -0.364 e. The zero-order chi connectivity index (χ0) is 21.4. The lowest BCUT2D eigenvalue weighted by atomic mass is 9.93. The Morgan fingerprint density at radius 1 is 1.19 bits per heavy atom. The molecule has 1 aliphatic heterocycles. The summed E-state index contributed by atoms with van der Waals surface area (Å²) in [6.07, 6.45) is 3.76. The molecule has 1 atom stereocenters. The minimum absolute atomic E-state index is 0.197. The number of amides is 2. The molecule has 8 heteroatoms. The smallest absolute Gasteiger partial charge is 0.276 e. The molecule has 31 heavy (non-hydrogen) atoms. The van der Waals surface area contributed by atoms with Crippen LogP contribution < -0.4 is 5.32 Å². The lowest BCUT2D eigenvalue weighted by Gasteiger charge is -2.36. The maximum absolute atomic E-state index is 13.2. The molecule has 1 aliphatic rings. The van der Waals surface area contributed by atoms with Crippen LogP contribution in [0.15, 0.2) is 59.4 Å². The van der Waals surface area contributed by atoms with E-state index in [-0.39, 0.29) is 17.9 Å². The topological polar surface area (TPSA) is 104 Å². The van der Waals surface area contributed by atoms with Crippen LogP contribution in [0.1, 0.15) is 37.5 Å². The number of aryl methyl sites for hydroxylation is 1. The van der Waals surface area contributed by atoms with Gasteiger partial charge >= 0.3 is 0 Å². The van der Waals surface area contributed by atoms with Crippen LogP contribution >= 0.6 is 0 Å². The quantitative estimate of drug-likeness (QED) is 0.533. The third-order valence-electron chi connectivity index (χ3n) is 5.79. The molecule has 0 aliphatic carbocycles. The first kappa shape index (κ1) is 19.0. The first-order valence-corrected chi connectivity index (χ1v) is 10.1. The summed E-state index contributed by atoms with van der Waals surface area (Å²) in [4.78, 5) is 27.9. The van der Waals surface area contributed by atoms with E-state index in [2.05, 4.69) is 26.7 Å². The van der Waals surface area contributed by atoms with Gasteiger partial charge in [-0.2, -0.15) is 5.10 Å². The van der Waals surface area contributed by atoms with E-state index in [0.717, 1.165) is 16.5 Å². The van der Waals surface area contributed by atoms with Crippen molar-refractivity contribution in [1.82, 2.24) is 25.6 Å². The minimum atomic E-state index is -0.203. The highest BCUT2D eigenvalue weighted by molar-refractivity contribution is 6.06. The highest BCUT2D eigenvalue weighted by Crippen LogP contribution is 2.25. The number of nitrogens with one attached hydrogen (secondary N) is 2. The summed E-state index contributed by atoms with van der Waals surface area (Å²) in [6, 6.07) is 13.3. The Balaban J connectivity index is 1.40. The molecular weight excluding hydrogens is 394 g/mol. The summed E-state index contributed by atoms with van der Waals surface area (Å²) >= 11 is 0. The van der Waals surface area contributed by atoms with Crippen LogP contribution in [-0.4, -0.2) is 44.7 Å². The van der Waals surface area contributed by atoms with Gasteiger partial charge in [-0.3, -0.25) is 14.7 Å². The van der Waals surface area contributed by atoms with Crippen LogP contribution in [0.4, 0.5) is 0 Å². The standard InChI is InChI=1S/C23H21N5O3/c1-14-13-31-27-21(14)23(30)28-12-16-6-3-2-5-15(16)9-17(28)10-24-22(29)18-7-4-8-20-19(18)11-25-26-20/h2-8,11,13,17H,9-10,12H2,1H3,(H,24,29)(H,25,26). The van der Waals surface area contributed by atoms with Gasteiger partial charge < -0.3 is 14.7 Å². The molecule has 3 heterocycles. The van der Waals surface area contributed by atoms with Crippen LogP contribution in [0.25, 0.3) is 10.9 Å².